The van der Waals surface area contributed by atoms with Gasteiger partial charge in [-0.1, -0.05) is 59.9 Å². The van der Waals surface area contributed by atoms with Crippen LogP contribution in [-0.4, -0.2) is 9.97 Å². The maximum absolute atomic E-state index is 4.12. The number of rotatable bonds is 2. The van der Waals surface area contributed by atoms with Crippen LogP contribution < -0.4 is 0 Å². The summed E-state index contributed by atoms with van der Waals surface area (Å²) < 4.78 is 3.09. The summed E-state index contributed by atoms with van der Waals surface area (Å²) in [4.78, 5) is 8.24. The Hall–Kier alpha value is -1.04. The van der Waals surface area contributed by atoms with Crippen LogP contribution in [0.4, 0.5) is 0 Å². The maximum Gasteiger partial charge on any atom is 0.115 e. The monoisotopic (exact) mass is 466 g/mol. The van der Waals surface area contributed by atoms with Crippen molar-refractivity contribution < 1.29 is 0 Å². The molecule has 0 radical (unpaired) electrons. The molecule has 1 aromatic heterocycles. The fourth-order valence-electron chi connectivity index (χ4n) is 2.15. The molecule has 5 heteroatoms. The predicted molar refractivity (Wildman–Crippen MR) is 96.0 cm³/mol. The summed E-state index contributed by atoms with van der Waals surface area (Å²) in [6.45, 7) is 0. The highest BCUT2D eigenvalue weighted by Gasteiger charge is 2.13. The van der Waals surface area contributed by atoms with E-state index in [1.807, 2.05) is 30.6 Å². The van der Waals surface area contributed by atoms with E-state index in [2.05, 4.69) is 76.0 Å². The van der Waals surface area contributed by atoms with Crippen LogP contribution in [0, 0.1) is 0 Å². The number of nitrogens with zero attached hydrogens (tertiary/aromatic N) is 2. The van der Waals surface area contributed by atoms with Crippen molar-refractivity contribution in [2.75, 3.05) is 0 Å². The van der Waals surface area contributed by atoms with Gasteiger partial charge in [-0.2, -0.15) is 0 Å². The van der Waals surface area contributed by atoms with Gasteiger partial charge in [0, 0.05) is 36.9 Å². The Balaban J connectivity index is 2.26. The third kappa shape index (κ3) is 3.25. The van der Waals surface area contributed by atoms with E-state index in [0.29, 0.717) is 0 Å². The molecule has 104 valence electrons. The third-order valence-corrected chi connectivity index (χ3v) is 4.67. The number of aromatic nitrogens is 2. The SMILES string of the molecule is Brc1ccc(-c2cc(Br)cc(Br)c2-c2cncnc2)cc1. The molecule has 0 unspecified atom stereocenters. The zero-order chi connectivity index (χ0) is 14.8. The first-order chi connectivity index (χ1) is 10.1. The molecule has 21 heavy (non-hydrogen) atoms. The van der Waals surface area contributed by atoms with Gasteiger partial charge in [0.2, 0.25) is 0 Å². The molecular formula is C16H9Br3N2. The van der Waals surface area contributed by atoms with Crippen molar-refractivity contribution in [1.82, 2.24) is 9.97 Å². The van der Waals surface area contributed by atoms with Crippen molar-refractivity contribution in [3.8, 4) is 22.3 Å². The van der Waals surface area contributed by atoms with Crippen molar-refractivity contribution in [2.24, 2.45) is 0 Å². The highest BCUT2D eigenvalue weighted by molar-refractivity contribution is 9.11. The first-order valence-corrected chi connectivity index (χ1v) is 8.53. The van der Waals surface area contributed by atoms with Crippen LogP contribution in [0.2, 0.25) is 0 Å². The van der Waals surface area contributed by atoms with Crippen molar-refractivity contribution in [1.29, 1.82) is 0 Å². The van der Waals surface area contributed by atoms with Crippen LogP contribution >= 0.6 is 47.8 Å². The van der Waals surface area contributed by atoms with Crippen molar-refractivity contribution in [2.45, 2.75) is 0 Å². The summed E-state index contributed by atoms with van der Waals surface area (Å²) in [5.41, 5.74) is 4.33. The van der Waals surface area contributed by atoms with Gasteiger partial charge in [0.05, 0.1) is 0 Å². The quantitative estimate of drug-likeness (QED) is 0.454. The Bertz CT molecular complexity index is 772. The van der Waals surface area contributed by atoms with E-state index in [0.717, 1.165) is 35.7 Å². The molecule has 0 aliphatic carbocycles. The van der Waals surface area contributed by atoms with Gasteiger partial charge in [0.25, 0.3) is 0 Å². The molecule has 0 saturated heterocycles. The summed E-state index contributed by atoms with van der Waals surface area (Å²) in [5, 5.41) is 0. The smallest absolute Gasteiger partial charge is 0.115 e. The van der Waals surface area contributed by atoms with E-state index in [-0.39, 0.29) is 0 Å². The normalized spacial score (nSPS) is 10.6. The molecule has 0 aliphatic rings. The van der Waals surface area contributed by atoms with Crippen LogP contribution in [-0.2, 0) is 0 Å². The zero-order valence-corrected chi connectivity index (χ0v) is 15.5. The number of hydrogen-bond donors (Lipinski definition) is 0. The average molecular weight is 469 g/mol. The molecule has 0 bridgehead atoms. The zero-order valence-electron chi connectivity index (χ0n) is 10.7. The number of hydrogen-bond acceptors (Lipinski definition) is 2. The standard InChI is InChI=1S/C16H9Br3N2/c17-12-3-1-10(2-4-12)14-5-13(18)6-15(19)16(14)11-7-20-9-21-8-11/h1-9H. The van der Waals surface area contributed by atoms with Crippen molar-refractivity contribution >= 4 is 47.8 Å². The van der Waals surface area contributed by atoms with E-state index in [4.69, 9.17) is 0 Å². The van der Waals surface area contributed by atoms with Crippen LogP contribution in [0.1, 0.15) is 0 Å². The summed E-state index contributed by atoms with van der Waals surface area (Å²) in [7, 11) is 0. The molecule has 0 atom stereocenters. The summed E-state index contributed by atoms with van der Waals surface area (Å²) >= 11 is 10.7. The first kappa shape index (κ1) is 14.9. The fourth-order valence-corrected chi connectivity index (χ4v) is 3.87. The molecule has 0 fully saturated rings. The lowest BCUT2D eigenvalue weighted by Gasteiger charge is -2.13. The van der Waals surface area contributed by atoms with Gasteiger partial charge in [0.15, 0.2) is 0 Å². The van der Waals surface area contributed by atoms with Crippen LogP contribution in [0.5, 0.6) is 0 Å². The molecular weight excluding hydrogens is 460 g/mol. The van der Waals surface area contributed by atoms with E-state index in [1.165, 1.54) is 6.33 Å². The Morgan fingerprint density at radius 1 is 0.714 bits per heavy atom. The van der Waals surface area contributed by atoms with E-state index in [1.54, 1.807) is 0 Å². The summed E-state index contributed by atoms with van der Waals surface area (Å²) in [6, 6.07) is 12.4. The van der Waals surface area contributed by atoms with Crippen LogP contribution in [0.3, 0.4) is 0 Å². The third-order valence-electron chi connectivity index (χ3n) is 3.06. The Kier molecular flexibility index (Phi) is 4.52. The Labute approximate surface area is 148 Å². The number of benzene rings is 2. The van der Waals surface area contributed by atoms with Gasteiger partial charge in [-0.15, -0.1) is 0 Å². The lowest BCUT2D eigenvalue weighted by atomic mass is 9.96. The predicted octanol–water partition coefficient (Wildman–Crippen LogP) is 6.10. The van der Waals surface area contributed by atoms with E-state index in [9.17, 15) is 0 Å². The maximum atomic E-state index is 4.12. The van der Waals surface area contributed by atoms with Gasteiger partial charge in [-0.3, -0.25) is 0 Å². The second-order valence-corrected chi connectivity index (χ2v) is 7.13. The van der Waals surface area contributed by atoms with E-state index < -0.39 is 0 Å². The highest BCUT2D eigenvalue weighted by Crippen LogP contribution is 2.39. The minimum absolute atomic E-state index is 0.981. The molecule has 0 amide bonds. The molecule has 3 aromatic rings. The largest absolute Gasteiger partial charge is 0.244 e. The highest BCUT2D eigenvalue weighted by atomic mass is 79.9. The van der Waals surface area contributed by atoms with Gasteiger partial charge >= 0.3 is 0 Å². The average Bonchev–Trinajstić information content (AvgIpc) is 2.48. The minimum atomic E-state index is 0.981. The molecule has 2 aromatic carbocycles. The van der Waals surface area contributed by atoms with Crippen LogP contribution in [0.15, 0.2) is 68.5 Å². The van der Waals surface area contributed by atoms with Gasteiger partial charge in [-0.25, -0.2) is 9.97 Å². The molecule has 3 rings (SSSR count). The lowest BCUT2D eigenvalue weighted by molar-refractivity contribution is 1.17. The number of halogens is 3. The van der Waals surface area contributed by atoms with Crippen LogP contribution in [0.25, 0.3) is 22.3 Å². The molecule has 2 nitrogen and oxygen atoms in total. The lowest BCUT2D eigenvalue weighted by Crippen LogP contribution is -1.89. The minimum Gasteiger partial charge on any atom is -0.244 e. The van der Waals surface area contributed by atoms with Crippen molar-refractivity contribution in [3.05, 3.63) is 68.5 Å². The Morgan fingerprint density at radius 3 is 2.05 bits per heavy atom. The van der Waals surface area contributed by atoms with Gasteiger partial charge < -0.3 is 0 Å². The molecule has 0 spiro atoms. The second kappa shape index (κ2) is 6.38. The van der Waals surface area contributed by atoms with Gasteiger partial charge in [-0.05, 0) is 35.4 Å². The second-order valence-electron chi connectivity index (χ2n) is 4.44. The Morgan fingerprint density at radius 2 is 1.38 bits per heavy atom. The fraction of sp³-hybridized carbons (Fsp3) is 0. The van der Waals surface area contributed by atoms with Gasteiger partial charge in [0.1, 0.15) is 6.33 Å². The first-order valence-electron chi connectivity index (χ1n) is 6.15. The summed E-state index contributed by atoms with van der Waals surface area (Å²) in [6.07, 6.45) is 5.18. The summed E-state index contributed by atoms with van der Waals surface area (Å²) in [5.74, 6) is 0. The molecule has 1 heterocycles. The van der Waals surface area contributed by atoms with E-state index >= 15 is 0 Å². The molecule has 0 N–H and O–H groups in total. The molecule has 0 saturated carbocycles. The molecule has 0 aliphatic heterocycles. The van der Waals surface area contributed by atoms with Crippen molar-refractivity contribution in [3.63, 3.8) is 0 Å². The topological polar surface area (TPSA) is 25.8 Å².